The average molecular weight is 295 g/mol. The quantitative estimate of drug-likeness (QED) is 0.872. The predicted molar refractivity (Wildman–Crippen MR) is 86.6 cm³/mol. The smallest absolute Gasteiger partial charge is 0.253 e. The lowest BCUT2D eigenvalue weighted by atomic mass is 10.1. The van der Waals surface area contributed by atoms with Crippen LogP contribution < -0.4 is 0 Å². The van der Waals surface area contributed by atoms with E-state index in [0.717, 1.165) is 43.9 Å². The number of rotatable bonds is 3. The lowest BCUT2D eigenvalue weighted by Gasteiger charge is -2.34. The summed E-state index contributed by atoms with van der Waals surface area (Å²) in [6, 6.07) is 11.9. The molecule has 1 aromatic carbocycles. The summed E-state index contributed by atoms with van der Waals surface area (Å²) in [5, 5.41) is 0. The molecule has 1 aromatic heterocycles. The molecule has 114 valence electrons. The number of carbonyl (C=O) groups is 1. The van der Waals surface area contributed by atoms with Crippen molar-refractivity contribution in [2.75, 3.05) is 26.2 Å². The summed E-state index contributed by atoms with van der Waals surface area (Å²) < 4.78 is 0. The van der Waals surface area contributed by atoms with Gasteiger partial charge in [-0.1, -0.05) is 23.8 Å². The standard InChI is InChI=1S/C18H21N3O/c1-15-4-2-6-17(12-15)18(22)21-10-8-20(9-11-21)14-16-5-3-7-19-13-16/h2-7,12-13H,8-11,14H2,1H3. The summed E-state index contributed by atoms with van der Waals surface area (Å²) in [6.45, 7) is 6.31. The third kappa shape index (κ3) is 3.52. The van der Waals surface area contributed by atoms with Crippen molar-refractivity contribution < 1.29 is 4.79 Å². The number of piperazine rings is 1. The Morgan fingerprint density at radius 3 is 2.64 bits per heavy atom. The monoisotopic (exact) mass is 295 g/mol. The van der Waals surface area contributed by atoms with Crippen molar-refractivity contribution in [3.8, 4) is 0 Å². The first-order chi connectivity index (χ1) is 10.7. The molecule has 4 heteroatoms. The van der Waals surface area contributed by atoms with Crippen LogP contribution in [0.4, 0.5) is 0 Å². The zero-order valence-corrected chi connectivity index (χ0v) is 12.9. The van der Waals surface area contributed by atoms with Crippen LogP contribution in [0.5, 0.6) is 0 Å². The van der Waals surface area contributed by atoms with E-state index in [2.05, 4.69) is 16.0 Å². The van der Waals surface area contributed by atoms with E-state index in [-0.39, 0.29) is 5.91 Å². The molecule has 4 nitrogen and oxygen atoms in total. The van der Waals surface area contributed by atoms with E-state index in [1.54, 1.807) is 6.20 Å². The van der Waals surface area contributed by atoms with E-state index < -0.39 is 0 Å². The maximum absolute atomic E-state index is 12.5. The topological polar surface area (TPSA) is 36.4 Å². The summed E-state index contributed by atoms with van der Waals surface area (Å²) in [4.78, 5) is 21.0. The number of pyridine rings is 1. The van der Waals surface area contributed by atoms with Gasteiger partial charge in [0.05, 0.1) is 0 Å². The molecule has 1 aliphatic heterocycles. The Morgan fingerprint density at radius 1 is 1.14 bits per heavy atom. The van der Waals surface area contributed by atoms with Gasteiger partial charge in [0.1, 0.15) is 0 Å². The Labute approximate surface area is 131 Å². The van der Waals surface area contributed by atoms with Crippen LogP contribution in [0.1, 0.15) is 21.5 Å². The summed E-state index contributed by atoms with van der Waals surface area (Å²) >= 11 is 0. The summed E-state index contributed by atoms with van der Waals surface area (Å²) in [5.74, 6) is 0.143. The highest BCUT2D eigenvalue weighted by Gasteiger charge is 2.22. The Balaban J connectivity index is 1.56. The van der Waals surface area contributed by atoms with Crippen molar-refractivity contribution >= 4 is 5.91 Å². The molecule has 0 atom stereocenters. The fourth-order valence-corrected chi connectivity index (χ4v) is 2.82. The van der Waals surface area contributed by atoms with Gasteiger partial charge >= 0.3 is 0 Å². The molecule has 1 amide bonds. The SMILES string of the molecule is Cc1cccc(C(=O)N2CCN(Cc3cccnc3)CC2)c1. The Morgan fingerprint density at radius 2 is 1.95 bits per heavy atom. The minimum absolute atomic E-state index is 0.143. The molecule has 2 heterocycles. The molecule has 1 aliphatic rings. The van der Waals surface area contributed by atoms with E-state index in [9.17, 15) is 4.79 Å². The van der Waals surface area contributed by atoms with Crippen molar-refractivity contribution in [3.05, 3.63) is 65.5 Å². The zero-order valence-electron chi connectivity index (χ0n) is 12.9. The van der Waals surface area contributed by atoms with E-state index in [1.807, 2.05) is 48.4 Å². The van der Waals surface area contributed by atoms with Crippen LogP contribution in [-0.2, 0) is 6.54 Å². The van der Waals surface area contributed by atoms with Crippen LogP contribution in [0.25, 0.3) is 0 Å². The minimum Gasteiger partial charge on any atom is -0.336 e. The molecule has 0 radical (unpaired) electrons. The second-order valence-electron chi connectivity index (χ2n) is 5.80. The second kappa shape index (κ2) is 6.71. The van der Waals surface area contributed by atoms with E-state index in [1.165, 1.54) is 5.56 Å². The van der Waals surface area contributed by atoms with Gasteiger partial charge in [0.25, 0.3) is 5.91 Å². The first kappa shape index (κ1) is 14.7. The molecule has 3 rings (SSSR count). The largest absolute Gasteiger partial charge is 0.336 e. The zero-order chi connectivity index (χ0) is 15.4. The van der Waals surface area contributed by atoms with E-state index in [0.29, 0.717) is 0 Å². The van der Waals surface area contributed by atoms with Crippen molar-refractivity contribution in [1.29, 1.82) is 0 Å². The third-order valence-corrected chi connectivity index (χ3v) is 4.05. The molecular weight excluding hydrogens is 274 g/mol. The summed E-state index contributed by atoms with van der Waals surface area (Å²) in [7, 11) is 0. The molecule has 1 fully saturated rings. The minimum atomic E-state index is 0.143. The van der Waals surface area contributed by atoms with Crippen LogP contribution in [0, 0.1) is 6.92 Å². The lowest BCUT2D eigenvalue weighted by Crippen LogP contribution is -2.48. The number of carbonyl (C=O) groups excluding carboxylic acids is 1. The molecule has 2 aromatic rings. The van der Waals surface area contributed by atoms with Gasteiger partial charge in [-0.15, -0.1) is 0 Å². The van der Waals surface area contributed by atoms with Gasteiger partial charge in [-0.05, 0) is 30.7 Å². The van der Waals surface area contributed by atoms with Crippen LogP contribution in [-0.4, -0.2) is 46.9 Å². The number of amides is 1. The molecule has 0 aliphatic carbocycles. The maximum atomic E-state index is 12.5. The number of aryl methyl sites for hydroxylation is 1. The van der Waals surface area contributed by atoms with Gasteiger partial charge in [-0.3, -0.25) is 14.7 Å². The highest BCUT2D eigenvalue weighted by molar-refractivity contribution is 5.94. The fraction of sp³-hybridized carbons (Fsp3) is 0.333. The molecule has 0 N–H and O–H groups in total. The van der Waals surface area contributed by atoms with Crippen molar-refractivity contribution in [1.82, 2.24) is 14.8 Å². The molecule has 0 bridgehead atoms. The van der Waals surface area contributed by atoms with Gasteiger partial charge in [0, 0.05) is 50.7 Å². The normalized spacial score (nSPS) is 15.8. The van der Waals surface area contributed by atoms with Gasteiger partial charge < -0.3 is 4.90 Å². The number of benzene rings is 1. The van der Waals surface area contributed by atoms with Gasteiger partial charge in [-0.25, -0.2) is 0 Å². The Bertz CT molecular complexity index is 634. The summed E-state index contributed by atoms with van der Waals surface area (Å²) in [5.41, 5.74) is 3.14. The molecule has 1 saturated heterocycles. The molecule has 0 unspecified atom stereocenters. The first-order valence-electron chi connectivity index (χ1n) is 7.69. The lowest BCUT2D eigenvalue weighted by molar-refractivity contribution is 0.0628. The molecular formula is C18H21N3O. The number of hydrogen-bond donors (Lipinski definition) is 0. The molecule has 0 spiro atoms. The van der Waals surface area contributed by atoms with Crippen LogP contribution in [0.3, 0.4) is 0 Å². The Kier molecular flexibility index (Phi) is 4.49. The van der Waals surface area contributed by atoms with E-state index >= 15 is 0 Å². The van der Waals surface area contributed by atoms with Gasteiger partial charge in [0.15, 0.2) is 0 Å². The highest BCUT2D eigenvalue weighted by atomic mass is 16.2. The number of aromatic nitrogens is 1. The third-order valence-electron chi connectivity index (χ3n) is 4.05. The number of nitrogens with zero attached hydrogens (tertiary/aromatic N) is 3. The van der Waals surface area contributed by atoms with Crippen molar-refractivity contribution in [3.63, 3.8) is 0 Å². The van der Waals surface area contributed by atoms with Gasteiger partial charge in [-0.2, -0.15) is 0 Å². The second-order valence-corrected chi connectivity index (χ2v) is 5.80. The molecule has 0 saturated carbocycles. The highest BCUT2D eigenvalue weighted by Crippen LogP contribution is 2.12. The Hall–Kier alpha value is -2.20. The molecule has 22 heavy (non-hydrogen) atoms. The number of hydrogen-bond acceptors (Lipinski definition) is 3. The van der Waals surface area contributed by atoms with Gasteiger partial charge in [0.2, 0.25) is 0 Å². The van der Waals surface area contributed by atoms with Crippen molar-refractivity contribution in [2.45, 2.75) is 13.5 Å². The van der Waals surface area contributed by atoms with Crippen LogP contribution in [0.2, 0.25) is 0 Å². The average Bonchev–Trinajstić information content (AvgIpc) is 2.56. The predicted octanol–water partition coefficient (Wildman–Crippen LogP) is 2.35. The van der Waals surface area contributed by atoms with Crippen molar-refractivity contribution in [2.24, 2.45) is 0 Å². The van der Waals surface area contributed by atoms with Crippen LogP contribution in [0.15, 0.2) is 48.8 Å². The summed E-state index contributed by atoms with van der Waals surface area (Å²) in [6.07, 6.45) is 3.70. The fourth-order valence-electron chi connectivity index (χ4n) is 2.82. The van der Waals surface area contributed by atoms with Crippen LogP contribution >= 0.6 is 0 Å². The first-order valence-corrected chi connectivity index (χ1v) is 7.69. The van der Waals surface area contributed by atoms with E-state index in [4.69, 9.17) is 0 Å². The maximum Gasteiger partial charge on any atom is 0.253 e.